The van der Waals surface area contributed by atoms with E-state index in [1.807, 2.05) is 0 Å². The van der Waals surface area contributed by atoms with E-state index in [0.717, 1.165) is 12.8 Å². The van der Waals surface area contributed by atoms with Crippen LogP contribution in [0.5, 0.6) is 5.75 Å². The highest BCUT2D eigenvalue weighted by Crippen LogP contribution is 2.41. The van der Waals surface area contributed by atoms with Gasteiger partial charge in [-0.05, 0) is 54.8 Å². The molecule has 3 amide bonds. The number of rotatable bonds is 7. The number of carbonyl (C=O) groups excluding carboxylic acids is 3. The van der Waals surface area contributed by atoms with Crippen molar-refractivity contribution >= 4 is 23.6 Å². The van der Waals surface area contributed by atoms with E-state index in [-0.39, 0.29) is 12.0 Å². The fourth-order valence-electron chi connectivity index (χ4n) is 3.94. The summed E-state index contributed by atoms with van der Waals surface area (Å²) in [6.45, 7) is 1.02. The zero-order valence-electron chi connectivity index (χ0n) is 17.7. The van der Waals surface area contributed by atoms with E-state index in [9.17, 15) is 14.4 Å². The lowest BCUT2D eigenvalue weighted by atomic mass is 9.89. The van der Waals surface area contributed by atoms with Crippen LogP contribution in [0.25, 0.3) is 0 Å². The van der Waals surface area contributed by atoms with E-state index in [4.69, 9.17) is 19.9 Å². The quantitative estimate of drug-likeness (QED) is 0.638. The molecule has 2 aromatic rings. The maximum absolute atomic E-state index is 13.0. The number of nitrogens with two attached hydrogens (primary N) is 1. The van der Waals surface area contributed by atoms with E-state index in [1.165, 1.54) is 0 Å². The predicted molar refractivity (Wildman–Crippen MR) is 115 cm³/mol. The Balaban J connectivity index is 1.53. The van der Waals surface area contributed by atoms with Crippen molar-refractivity contribution in [2.45, 2.75) is 31.1 Å². The molecule has 32 heavy (non-hydrogen) atoms. The topological polar surface area (TPSA) is 120 Å². The molecule has 2 aliphatic rings. The molecular formula is C23H25N3O6. The largest absolute Gasteiger partial charge is 0.497 e. The fourth-order valence-corrected chi connectivity index (χ4v) is 3.94. The SMILES string of the molecule is COc1ccc(N2C(=O)[C@@H](OC(=O)NCC3CCCO3)[C@H]2c2ccc(C(N)=O)cc2)cc1. The monoisotopic (exact) mass is 439 g/mol. The third-order valence-corrected chi connectivity index (χ3v) is 5.67. The molecule has 4 rings (SSSR count). The molecule has 0 bridgehead atoms. The average Bonchev–Trinajstić information content (AvgIpc) is 3.33. The van der Waals surface area contributed by atoms with Gasteiger partial charge >= 0.3 is 6.09 Å². The standard InChI is InChI=1S/C23H25N3O6/c1-30-17-10-8-16(9-11-17)26-19(14-4-6-15(7-5-14)21(24)27)20(22(26)28)32-23(29)25-13-18-3-2-12-31-18/h4-11,18-20H,2-3,12-13H2,1H3,(H2,24,27)(H,25,29)/t18?,19-,20+/m1/s1. The van der Waals surface area contributed by atoms with Crippen molar-refractivity contribution in [1.82, 2.24) is 5.32 Å². The molecule has 168 valence electrons. The number of anilines is 1. The Morgan fingerprint density at radius 1 is 1.16 bits per heavy atom. The van der Waals surface area contributed by atoms with Gasteiger partial charge in [-0.15, -0.1) is 0 Å². The van der Waals surface area contributed by atoms with Crippen LogP contribution < -0.4 is 20.7 Å². The molecule has 0 aromatic heterocycles. The number of hydrogen-bond donors (Lipinski definition) is 2. The highest BCUT2D eigenvalue weighted by molar-refractivity contribution is 6.06. The summed E-state index contributed by atoms with van der Waals surface area (Å²) in [4.78, 5) is 38.3. The summed E-state index contributed by atoms with van der Waals surface area (Å²) in [7, 11) is 1.56. The van der Waals surface area contributed by atoms with Gasteiger partial charge in [0.1, 0.15) is 11.8 Å². The maximum atomic E-state index is 13.0. The lowest BCUT2D eigenvalue weighted by Crippen LogP contribution is -2.61. The Labute approximate surface area is 185 Å². The van der Waals surface area contributed by atoms with Gasteiger partial charge in [0, 0.05) is 24.4 Å². The van der Waals surface area contributed by atoms with Crippen LogP contribution in [0.3, 0.4) is 0 Å². The third-order valence-electron chi connectivity index (χ3n) is 5.67. The van der Waals surface area contributed by atoms with Crippen molar-refractivity contribution in [3.63, 3.8) is 0 Å². The van der Waals surface area contributed by atoms with E-state index in [2.05, 4.69) is 5.32 Å². The number of ether oxygens (including phenoxy) is 3. The predicted octanol–water partition coefficient (Wildman–Crippen LogP) is 2.16. The number of nitrogens with one attached hydrogen (secondary N) is 1. The van der Waals surface area contributed by atoms with Gasteiger partial charge in [-0.1, -0.05) is 12.1 Å². The van der Waals surface area contributed by atoms with Crippen molar-refractivity contribution in [2.24, 2.45) is 5.73 Å². The Hall–Kier alpha value is -3.59. The van der Waals surface area contributed by atoms with Gasteiger partial charge in [-0.25, -0.2) is 4.79 Å². The number of methoxy groups -OCH3 is 1. The molecule has 0 aliphatic carbocycles. The number of primary amides is 1. The van der Waals surface area contributed by atoms with E-state index < -0.39 is 24.1 Å². The van der Waals surface area contributed by atoms with Gasteiger partial charge in [-0.3, -0.25) is 14.5 Å². The highest BCUT2D eigenvalue weighted by atomic mass is 16.6. The highest BCUT2D eigenvalue weighted by Gasteiger charge is 2.51. The first-order valence-electron chi connectivity index (χ1n) is 10.4. The average molecular weight is 439 g/mol. The molecule has 2 aliphatic heterocycles. The van der Waals surface area contributed by atoms with Gasteiger partial charge in [0.2, 0.25) is 12.0 Å². The van der Waals surface area contributed by atoms with Crippen LogP contribution in [0.2, 0.25) is 0 Å². The van der Waals surface area contributed by atoms with Crippen LogP contribution in [0.4, 0.5) is 10.5 Å². The van der Waals surface area contributed by atoms with Crippen molar-refractivity contribution in [2.75, 3.05) is 25.2 Å². The minimum absolute atomic E-state index is 0.0346. The van der Waals surface area contributed by atoms with Gasteiger partial charge in [-0.2, -0.15) is 0 Å². The first kappa shape index (κ1) is 21.6. The van der Waals surface area contributed by atoms with Gasteiger partial charge in [0.25, 0.3) is 5.91 Å². The summed E-state index contributed by atoms with van der Waals surface area (Å²) in [6.07, 6.45) is 0.131. The Bertz CT molecular complexity index is 986. The van der Waals surface area contributed by atoms with Gasteiger partial charge in [0.05, 0.1) is 13.2 Å². The van der Waals surface area contributed by atoms with Crippen molar-refractivity contribution in [1.29, 1.82) is 0 Å². The Morgan fingerprint density at radius 2 is 1.88 bits per heavy atom. The molecular weight excluding hydrogens is 414 g/mol. The lowest BCUT2D eigenvalue weighted by molar-refractivity contribution is -0.137. The summed E-state index contributed by atoms with van der Waals surface area (Å²) >= 11 is 0. The van der Waals surface area contributed by atoms with Crippen LogP contribution in [0.15, 0.2) is 48.5 Å². The zero-order valence-corrected chi connectivity index (χ0v) is 17.7. The number of hydrogen-bond acceptors (Lipinski definition) is 6. The van der Waals surface area contributed by atoms with Crippen molar-refractivity contribution in [3.8, 4) is 5.75 Å². The molecule has 0 saturated carbocycles. The molecule has 0 radical (unpaired) electrons. The molecule has 2 fully saturated rings. The van der Waals surface area contributed by atoms with Crippen molar-refractivity contribution in [3.05, 3.63) is 59.7 Å². The normalized spacial score (nSPS) is 22.2. The van der Waals surface area contributed by atoms with Crippen LogP contribution in [-0.4, -0.2) is 50.4 Å². The molecule has 9 nitrogen and oxygen atoms in total. The summed E-state index contributed by atoms with van der Waals surface area (Å²) in [5.74, 6) is -0.230. The number of benzene rings is 2. The number of carbonyl (C=O) groups is 3. The number of β-lactam (4-membered cyclic amide) rings is 1. The summed E-state index contributed by atoms with van der Waals surface area (Å²) in [5, 5.41) is 2.68. The van der Waals surface area contributed by atoms with E-state index in [1.54, 1.807) is 60.5 Å². The van der Waals surface area contributed by atoms with Crippen LogP contribution >= 0.6 is 0 Å². The lowest BCUT2D eigenvalue weighted by Gasteiger charge is -2.46. The first-order valence-corrected chi connectivity index (χ1v) is 10.4. The minimum atomic E-state index is -0.999. The molecule has 2 saturated heterocycles. The molecule has 2 aromatic carbocycles. The first-order chi connectivity index (χ1) is 15.5. The van der Waals surface area contributed by atoms with Crippen molar-refractivity contribution < 1.29 is 28.6 Å². The summed E-state index contributed by atoms with van der Waals surface area (Å²) in [6, 6.07) is 13.0. The second-order valence-electron chi connectivity index (χ2n) is 7.68. The van der Waals surface area contributed by atoms with Gasteiger partial charge in [0.15, 0.2) is 0 Å². The summed E-state index contributed by atoms with van der Waals surface area (Å²) < 4.78 is 16.2. The number of alkyl carbamates (subject to hydrolysis) is 1. The molecule has 3 atom stereocenters. The van der Waals surface area contributed by atoms with E-state index >= 15 is 0 Å². The minimum Gasteiger partial charge on any atom is -0.497 e. The maximum Gasteiger partial charge on any atom is 0.408 e. The zero-order chi connectivity index (χ0) is 22.7. The Morgan fingerprint density at radius 3 is 2.47 bits per heavy atom. The fraction of sp³-hybridized carbons (Fsp3) is 0.348. The van der Waals surface area contributed by atoms with E-state index in [0.29, 0.717) is 35.7 Å². The van der Waals surface area contributed by atoms with Crippen LogP contribution in [0.1, 0.15) is 34.8 Å². The van der Waals surface area contributed by atoms with Crippen LogP contribution in [-0.2, 0) is 14.3 Å². The smallest absolute Gasteiger partial charge is 0.408 e. The number of amides is 3. The number of nitrogens with zero attached hydrogens (tertiary/aromatic N) is 1. The molecule has 3 N–H and O–H groups in total. The molecule has 2 heterocycles. The van der Waals surface area contributed by atoms with Gasteiger partial charge < -0.3 is 25.3 Å². The molecule has 1 unspecified atom stereocenters. The second kappa shape index (κ2) is 9.27. The molecule has 0 spiro atoms. The second-order valence-corrected chi connectivity index (χ2v) is 7.68. The Kier molecular flexibility index (Phi) is 6.27. The summed E-state index contributed by atoms with van der Waals surface area (Å²) in [5.41, 5.74) is 7.03. The third kappa shape index (κ3) is 4.38. The molecule has 9 heteroatoms. The van der Waals surface area contributed by atoms with Crippen LogP contribution in [0, 0.1) is 0 Å².